The first kappa shape index (κ1) is 15.1. The van der Waals surface area contributed by atoms with Crippen LogP contribution in [-0.2, 0) is 13.2 Å². The van der Waals surface area contributed by atoms with Gasteiger partial charge in [-0.15, -0.1) is 0 Å². The Kier molecular flexibility index (Phi) is 5.09. The van der Waals surface area contributed by atoms with E-state index >= 15 is 0 Å². The Labute approximate surface area is 132 Å². The third kappa shape index (κ3) is 4.09. The molecule has 1 N–H and O–H groups in total. The SMILES string of the molecule is OC1CCN(Cc2ccccc2OCc2ccccc2)CC1. The van der Waals surface area contributed by atoms with Crippen molar-refractivity contribution in [3.05, 3.63) is 65.7 Å². The molecule has 1 aliphatic heterocycles. The van der Waals surface area contributed by atoms with E-state index in [1.807, 2.05) is 30.3 Å². The van der Waals surface area contributed by atoms with E-state index < -0.39 is 0 Å². The number of piperidine rings is 1. The molecule has 0 atom stereocenters. The number of benzene rings is 2. The number of aliphatic hydroxyl groups is 1. The zero-order chi connectivity index (χ0) is 15.2. The summed E-state index contributed by atoms with van der Waals surface area (Å²) >= 11 is 0. The predicted molar refractivity (Wildman–Crippen MR) is 87.7 cm³/mol. The van der Waals surface area contributed by atoms with Crippen LogP contribution in [0.2, 0.25) is 0 Å². The van der Waals surface area contributed by atoms with Crippen LogP contribution in [0.5, 0.6) is 5.75 Å². The molecule has 3 nitrogen and oxygen atoms in total. The van der Waals surface area contributed by atoms with Gasteiger partial charge in [0.15, 0.2) is 0 Å². The Morgan fingerprint density at radius 2 is 1.64 bits per heavy atom. The van der Waals surface area contributed by atoms with Crippen LogP contribution in [0.1, 0.15) is 24.0 Å². The van der Waals surface area contributed by atoms with Crippen molar-refractivity contribution < 1.29 is 9.84 Å². The molecule has 3 heteroatoms. The summed E-state index contributed by atoms with van der Waals surface area (Å²) in [6, 6.07) is 18.5. The number of ether oxygens (including phenoxy) is 1. The Morgan fingerprint density at radius 1 is 0.955 bits per heavy atom. The summed E-state index contributed by atoms with van der Waals surface area (Å²) in [6.07, 6.45) is 1.61. The molecule has 1 fully saturated rings. The lowest BCUT2D eigenvalue weighted by Crippen LogP contribution is -2.35. The van der Waals surface area contributed by atoms with E-state index in [0.29, 0.717) is 6.61 Å². The van der Waals surface area contributed by atoms with E-state index in [-0.39, 0.29) is 6.10 Å². The highest BCUT2D eigenvalue weighted by Gasteiger charge is 2.18. The van der Waals surface area contributed by atoms with Crippen LogP contribution >= 0.6 is 0 Å². The van der Waals surface area contributed by atoms with Crippen molar-refractivity contribution >= 4 is 0 Å². The molecule has 3 rings (SSSR count). The van der Waals surface area contributed by atoms with Gasteiger partial charge in [-0.1, -0.05) is 48.5 Å². The molecule has 1 heterocycles. The monoisotopic (exact) mass is 297 g/mol. The number of aliphatic hydroxyl groups excluding tert-OH is 1. The van der Waals surface area contributed by atoms with E-state index in [2.05, 4.69) is 29.2 Å². The van der Waals surface area contributed by atoms with Crippen molar-refractivity contribution in [3.63, 3.8) is 0 Å². The van der Waals surface area contributed by atoms with Crippen LogP contribution in [-0.4, -0.2) is 29.2 Å². The van der Waals surface area contributed by atoms with Gasteiger partial charge in [0.25, 0.3) is 0 Å². The second-order valence-corrected chi connectivity index (χ2v) is 5.89. The Morgan fingerprint density at radius 3 is 2.41 bits per heavy atom. The minimum atomic E-state index is -0.124. The molecule has 0 aliphatic carbocycles. The van der Waals surface area contributed by atoms with Crippen LogP contribution < -0.4 is 4.74 Å². The average Bonchev–Trinajstić information content (AvgIpc) is 2.57. The van der Waals surface area contributed by atoms with E-state index in [4.69, 9.17) is 4.74 Å². The zero-order valence-electron chi connectivity index (χ0n) is 12.8. The second-order valence-electron chi connectivity index (χ2n) is 5.89. The first-order chi connectivity index (χ1) is 10.8. The molecular formula is C19H23NO2. The van der Waals surface area contributed by atoms with Crippen molar-refractivity contribution in [3.8, 4) is 5.75 Å². The van der Waals surface area contributed by atoms with Crippen LogP contribution in [0.25, 0.3) is 0 Å². The van der Waals surface area contributed by atoms with Gasteiger partial charge < -0.3 is 9.84 Å². The summed E-state index contributed by atoms with van der Waals surface area (Å²) in [6.45, 7) is 3.39. The zero-order valence-corrected chi connectivity index (χ0v) is 12.8. The summed E-state index contributed by atoms with van der Waals surface area (Å²) in [7, 11) is 0. The molecule has 2 aromatic carbocycles. The molecule has 2 aromatic rings. The fraction of sp³-hybridized carbons (Fsp3) is 0.368. The van der Waals surface area contributed by atoms with Gasteiger partial charge in [-0.2, -0.15) is 0 Å². The maximum atomic E-state index is 9.61. The predicted octanol–water partition coefficient (Wildman–Crippen LogP) is 3.22. The molecule has 0 radical (unpaired) electrons. The lowest BCUT2D eigenvalue weighted by atomic mass is 10.1. The number of hydrogen-bond donors (Lipinski definition) is 1. The average molecular weight is 297 g/mol. The summed E-state index contributed by atoms with van der Waals surface area (Å²) in [5.74, 6) is 0.956. The maximum Gasteiger partial charge on any atom is 0.124 e. The standard InChI is InChI=1S/C19H23NO2/c21-18-10-12-20(13-11-18)14-17-8-4-5-9-19(17)22-15-16-6-2-1-3-7-16/h1-9,18,21H,10-15H2. The van der Waals surface area contributed by atoms with Gasteiger partial charge in [-0.05, 0) is 24.5 Å². The Balaban J connectivity index is 1.62. The lowest BCUT2D eigenvalue weighted by Gasteiger charge is -2.29. The molecule has 1 aliphatic rings. The van der Waals surface area contributed by atoms with Gasteiger partial charge in [0.05, 0.1) is 6.10 Å². The van der Waals surface area contributed by atoms with Crippen molar-refractivity contribution in [1.82, 2.24) is 4.90 Å². The van der Waals surface area contributed by atoms with E-state index in [9.17, 15) is 5.11 Å². The van der Waals surface area contributed by atoms with Crippen molar-refractivity contribution in [2.75, 3.05) is 13.1 Å². The molecule has 1 saturated heterocycles. The fourth-order valence-corrected chi connectivity index (χ4v) is 2.83. The number of para-hydroxylation sites is 1. The van der Waals surface area contributed by atoms with Crippen LogP contribution in [0.4, 0.5) is 0 Å². The minimum Gasteiger partial charge on any atom is -0.489 e. The third-order valence-corrected chi connectivity index (χ3v) is 4.16. The van der Waals surface area contributed by atoms with Crippen molar-refractivity contribution in [1.29, 1.82) is 0 Å². The number of hydrogen-bond acceptors (Lipinski definition) is 3. The Bertz CT molecular complexity index is 577. The Hall–Kier alpha value is -1.84. The molecule has 0 amide bonds. The largest absolute Gasteiger partial charge is 0.489 e. The third-order valence-electron chi connectivity index (χ3n) is 4.16. The lowest BCUT2D eigenvalue weighted by molar-refractivity contribution is 0.0787. The minimum absolute atomic E-state index is 0.124. The quantitative estimate of drug-likeness (QED) is 0.920. The second kappa shape index (κ2) is 7.43. The number of likely N-dealkylation sites (tertiary alicyclic amines) is 1. The first-order valence-corrected chi connectivity index (χ1v) is 7.96. The maximum absolute atomic E-state index is 9.61. The van der Waals surface area contributed by atoms with Crippen molar-refractivity contribution in [2.45, 2.75) is 32.1 Å². The van der Waals surface area contributed by atoms with Gasteiger partial charge in [-0.25, -0.2) is 0 Å². The van der Waals surface area contributed by atoms with Gasteiger partial charge in [-0.3, -0.25) is 4.90 Å². The highest BCUT2D eigenvalue weighted by Crippen LogP contribution is 2.22. The van der Waals surface area contributed by atoms with Gasteiger partial charge in [0.2, 0.25) is 0 Å². The molecule has 0 saturated carbocycles. The molecule has 116 valence electrons. The molecule has 0 aromatic heterocycles. The molecule has 0 unspecified atom stereocenters. The summed E-state index contributed by atoms with van der Waals surface area (Å²) in [4.78, 5) is 2.39. The number of rotatable bonds is 5. The molecule has 0 bridgehead atoms. The van der Waals surface area contributed by atoms with Crippen molar-refractivity contribution in [2.24, 2.45) is 0 Å². The fourth-order valence-electron chi connectivity index (χ4n) is 2.83. The number of nitrogens with zero attached hydrogens (tertiary/aromatic N) is 1. The van der Waals surface area contributed by atoms with Gasteiger partial charge in [0, 0.05) is 25.2 Å². The van der Waals surface area contributed by atoms with E-state index in [1.165, 1.54) is 11.1 Å². The highest BCUT2D eigenvalue weighted by molar-refractivity contribution is 5.33. The topological polar surface area (TPSA) is 32.7 Å². The summed E-state index contributed by atoms with van der Waals surface area (Å²) < 4.78 is 6.01. The van der Waals surface area contributed by atoms with Crippen LogP contribution in [0.15, 0.2) is 54.6 Å². The van der Waals surface area contributed by atoms with E-state index in [1.54, 1.807) is 0 Å². The molecule has 0 spiro atoms. The summed E-state index contributed by atoms with van der Waals surface area (Å²) in [5, 5.41) is 9.61. The van der Waals surface area contributed by atoms with E-state index in [0.717, 1.165) is 38.2 Å². The smallest absolute Gasteiger partial charge is 0.124 e. The summed E-state index contributed by atoms with van der Waals surface area (Å²) in [5.41, 5.74) is 2.40. The van der Waals surface area contributed by atoms with Crippen LogP contribution in [0.3, 0.4) is 0 Å². The molecular weight excluding hydrogens is 274 g/mol. The van der Waals surface area contributed by atoms with Gasteiger partial charge >= 0.3 is 0 Å². The molecule has 22 heavy (non-hydrogen) atoms. The van der Waals surface area contributed by atoms with Crippen LogP contribution in [0, 0.1) is 0 Å². The highest BCUT2D eigenvalue weighted by atomic mass is 16.5. The first-order valence-electron chi connectivity index (χ1n) is 7.96. The van der Waals surface area contributed by atoms with Gasteiger partial charge in [0.1, 0.15) is 12.4 Å². The normalized spacial score (nSPS) is 16.6.